The van der Waals surface area contributed by atoms with Gasteiger partial charge in [-0.2, -0.15) is 10.4 Å². The third-order valence-corrected chi connectivity index (χ3v) is 29.2. The van der Waals surface area contributed by atoms with Crippen LogP contribution >= 0.6 is 15.9 Å². The zero-order chi connectivity index (χ0) is 63.8. The lowest BCUT2D eigenvalue weighted by Gasteiger charge is -2.54. The van der Waals surface area contributed by atoms with Crippen LogP contribution in [0.25, 0.3) is 4.85 Å². The van der Waals surface area contributed by atoms with E-state index in [0.717, 1.165) is 155 Å². The quantitative estimate of drug-likeness (QED) is 0.159. The van der Waals surface area contributed by atoms with Gasteiger partial charge in [-0.3, -0.25) is 19.1 Å². The number of carbonyl (C=O) groups excluding carboxylic acids is 3. The number of ketones is 3. The monoisotopic (exact) mass is 1290 g/mol. The summed E-state index contributed by atoms with van der Waals surface area (Å²) in [4.78, 5) is 44.9. The zero-order valence-electron chi connectivity index (χ0n) is 56.2. The van der Waals surface area contributed by atoms with Crippen molar-refractivity contribution >= 4 is 39.5 Å². The highest BCUT2D eigenvalue weighted by atomic mass is 79.9. The number of rotatable bonds is 6. The van der Waals surface area contributed by atoms with E-state index in [1.807, 2.05) is 13.8 Å². The molecule has 0 saturated heterocycles. The third kappa shape index (κ3) is 14.2. The molecule has 1 aromatic rings. The highest BCUT2D eigenvalue weighted by Crippen LogP contribution is 2.68. The first-order valence-corrected chi connectivity index (χ1v) is 37.3. The van der Waals surface area contributed by atoms with Crippen LogP contribution < -0.4 is 0 Å². The fourth-order valence-electron chi connectivity index (χ4n) is 25.0. The number of aliphatic hydroxyl groups is 4. The number of carbonyl (C=O) groups is 3. The first-order valence-electron chi connectivity index (χ1n) is 36.1. The molecule has 0 bridgehead atoms. The summed E-state index contributed by atoms with van der Waals surface area (Å²) in [6.45, 7) is 22.7. The fourth-order valence-corrected chi connectivity index (χ4v) is 25.4. The number of fused-ring (bicyclic) bond motifs is 15. The largest absolute Gasteiger partial charge is 0.400 e. The summed E-state index contributed by atoms with van der Waals surface area (Å²) >= 11 is 3.43. The molecule has 12 nitrogen and oxygen atoms in total. The van der Waals surface area contributed by atoms with Crippen LogP contribution in [0.3, 0.4) is 0 Å². The minimum atomic E-state index is -0.474. The van der Waals surface area contributed by atoms with Gasteiger partial charge < -0.3 is 25.4 Å². The molecule has 0 amide bonds. The molecular formula is C76H116BrN5O7. The van der Waals surface area contributed by atoms with Gasteiger partial charge in [-0.05, 0) is 306 Å². The Morgan fingerprint density at radius 1 is 0.573 bits per heavy atom. The molecule has 0 aromatic carbocycles. The minimum absolute atomic E-state index is 0.118. The molecular weight excluding hydrogens is 1170 g/mol. The number of aromatic nitrogens is 2. The van der Waals surface area contributed by atoms with Crippen LogP contribution in [-0.4, -0.2) is 89.6 Å². The molecule has 1 aromatic heterocycles. The summed E-state index contributed by atoms with van der Waals surface area (Å²) in [7, 11) is 1.00. The van der Waals surface area contributed by atoms with Crippen molar-refractivity contribution in [1.82, 2.24) is 9.78 Å². The molecule has 13 heteroatoms. The Kier molecular flexibility index (Phi) is 21.7. The molecule has 12 saturated carbocycles. The second-order valence-corrected chi connectivity index (χ2v) is 34.1. The van der Waals surface area contributed by atoms with Gasteiger partial charge in [0.05, 0.1) is 47.0 Å². The van der Waals surface area contributed by atoms with Crippen LogP contribution in [0.4, 0.5) is 0 Å². The van der Waals surface area contributed by atoms with Gasteiger partial charge in [0.25, 0.3) is 0 Å². The normalized spacial score (nSPS) is 46.3. The lowest BCUT2D eigenvalue weighted by molar-refractivity contribution is -0.131. The molecule has 24 atom stereocenters. The van der Waals surface area contributed by atoms with E-state index in [1.165, 1.54) is 122 Å². The number of halogens is 1. The lowest BCUT2D eigenvalue weighted by Crippen LogP contribution is -2.48. The van der Waals surface area contributed by atoms with E-state index in [9.17, 15) is 29.7 Å². The van der Waals surface area contributed by atoms with Crippen LogP contribution in [0.5, 0.6) is 0 Å². The minimum Gasteiger partial charge on any atom is -0.400 e. The number of aliphatic hydroxyl groups excluding tert-OH is 1. The van der Waals surface area contributed by atoms with Gasteiger partial charge in [-0.25, -0.2) is 4.85 Å². The zero-order valence-corrected chi connectivity index (χ0v) is 57.7. The summed E-state index contributed by atoms with van der Waals surface area (Å²) in [5.41, 5.74) is 0.511. The average Bonchev–Trinajstić information content (AvgIpc) is 1.70. The maximum Gasteiger partial charge on any atom is 0.202 e. The van der Waals surface area contributed by atoms with Crippen LogP contribution in [-0.2, 0) is 20.9 Å². The van der Waals surface area contributed by atoms with Crippen LogP contribution in [0.2, 0.25) is 0 Å². The summed E-state index contributed by atoms with van der Waals surface area (Å²) < 4.78 is 1.64. The van der Waals surface area contributed by atoms with Crippen molar-refractivity contribution in [3.05, 3.63) is 41.1 Å². The Morgan fingerprint density at radius 3 is 1.33 bits per heavy atom. The van der Waals surface area contributed by atoms with Gasteiger partial charge in [0.15, 0.2) is 5.78 Å². The number of nitriles is 1. The van der Waals surface area contributed by atoms with Crippen molar-refractivity contribution in [3.63, 3.8) is 0 Å². The molecule has 4 N–H and O–H groups in total. The SMILES string of the molecule is CC(=O)[C@H]1CC[C@H]2[C@@H]3CC[C@@H]4C[C@](C)(O)CCC[C@@H]4[C@H]3CC[C@]12C.CO.C[C@@]1(O)CCC[C@H]2[C@H](CC[C@@H]3[C@@H]2CC[C@]2(C)[C@@H](C(=O)CBr)CC[C@@H]32)C1.C[C@@]1(O)CCC[C@H]2[C@H](CC[C@@H]3[C@@H]2CC[C@]2(C)[C@@H](C(=O)Cn4cc(C#N)cn4)CC[C@@H]32)C1.[C-]#[N+]C1=CCN=C1. The van der Waals surface area contributed by atoms with Crippen molar-refractivity contribution in [3.8, 4) is 6.07 Å². The predicted molar refractivity (Wildman–Crippen MR) is 355 cm³/mol. The Balaban J connectivity index is 0.000000138. The highest BCUT2D eigenvalue weighted by Gasteiger charge is 2.61. The molecule has 494 valence electrons. The molecule has 0 spiro atoms. The van der Waals surface area contributed by atoms with Crippen molar-refractivity contribution in [1.29, 1.82) is 5.26 Å². The Morgan fingerprint density at radius 2 is 0.978 bits per heavy atom. The van der Waals surface area contributed by atoms with E-state index in [2.05, 4.69) is 71.6 Å². The number of Topliss-reactive ketones (excluding diaryl/α,β-unsaturated/α-hetero) is 3. The molecule has 14 rings (SSSR count). The van der Waals surface area contributed by atoms with Gasteiger partial charge in [0, 0.05) is 43.8 Å². The van der Waals surface area contributed by atoms with Gasteiger partial charge in [0.1, 0.15) is 17.6 Å². The van der Waals surface area contributed by atoms with Crippen molar-refractivity contribution in [2.45, 2.75) is 264 Å². The maximum atomic E-state index is 13.3. The number of hydrogen-bond acceptors (Lipinski definition) is 10. The number of alkyl halides is 1. The Hall–Kier alpha value is -3.07. The van der Waals surface area contributed by atoms with E-state index in [1.54, 1.807) is 29.4 Å². The second-order valence-electron chi connectivity index (χ2n) is 33.6. The van der Waals surface area contributed by atoms with Gasteiger partial charge >= 0.3 is 0 Å². The van der Waals surface area contributed by atoms with Crippen LogP contribution in [0.1, 0.15) is 247 Å². The summed E-state index contributed by atoms with van der Waals surface area (Å²) in [6.07, 6.45) is 42.6. The van der Waals surface area contributed by atoms with Crippen molar-refractivity contribution < 1.29 is 34.8 Å². The molecule has 12 fully saturated rings. The highest BCUT2D eigenvalue weighted by molar-refractivity contribution is 9.09. The predicted octanol–water partition coefficient (Wildman–Crippen LogP) is 15.6. The second kappa shape index (κ2) is 28.1. The Labute approximate surface area is 544 Å². The lowest BCUT2D eigenvalue weighted by atomic mass is 9.50. The molecule has 13 aliphatic rings. The summed E-state index contributed by atoms with van der Waals surface area (Å²) in [6, 6.07) is 2.10. The first kappa shape index (κ1) is 68.8. The smallest absolute Gasteiger partial charge is 0.202 e. The van der Waals surface area contributed by atoms with E-state index >= 15 is 0 Å². The third-order valence-electron chi connectivity index (χ3n) is 28.7. The summed E-state index contributed by atoms with van der Waals surface area (Å²) in [5.74, 6) is 13.8. The molecule has 2 heterocycles. The van der Waals surface area contributed by atoms with E-state index in [4.69, 9.17) is 16.9 Å². The molecule has 0 unspecified atom stereocenters. The van der Waals surface area contributed by atoms with E-state index in [-0.39, 0.29) is 22.2 Å². The van der Waals surface area contributed by atoms with Gasteiger partial charge in [-0.1, -0.05) is 62.0 Å². The Bertz CT molecular complexity index is 2790. The fraction of sp³-hybridized carbons (Fsp3) is 0.855. The van der Waals surface area contributed by atoms with E-state index in [0.29, 0.717) is 70.7 Å². The number of hydrogen-bond donors (Lipinski definition) is 4. The van der Waals surface area contributed by atoms with Crippen molar-refractivity contribution in [2.75, 3.05) is 19.0 Å². The molecule has 1 aliphatic heterocycles. The first-order chi connectivity index (χ1) is 42.4. The maximum absolute atomic E-state index is 13.3. The molecule has 0 radical (unpaired) electrons. The van der Waals surface area contributed by atoms with E-state index < -0.39 is 16.8 Å². The van der Waals surface area contributed by atoms with Crippen LogP contribution in [0, 0.1) is 141 Å². The topological polar surface area (TPSA) is 190 Å². The van der Waals surface area contributed by atoms with Gasteiger partial charge in [-0.15, -0.1) is 0 Å². The van der Waals surface area contributed by atoms with Crippen molar-refractivity contribution in [2.24, 2.45) is 128 Å². The average molecular weight is 1290 g/mol. The number of aliphatic imine (C=N–C) groups is 1. The molecule has 89 heavy (non-hydrogen) atoms. The summed E-state index contributed by atoms with van der Waals surface area (Å²) in [5, 5.41) is 52.8. The van der Waals surface area contributed by atoms with Crippen LogP contribution in [0.15, 0.2) is 29.2 Å². The number of nitrogens with zero attached hydrogens (tertiary/aromatic N) is 5. The van der Waals surface area contributed by atoms with Gasteiger partial charge in [0.2, 0.25) is 5.70 Å². The molecule has 12 aliphatic carbocycles. The number of allylic oxidation sites excluding steroid dienone is 1. The standard InChI is InChI=1S/C26H37N3O2.C22H35BrO2.C22H36O2.C5H4N2.CH4O/c1-25(31)10-3-4-19-18(12-25)5-6-21-20(19)9-11-26(2)22(21)7-8-23(26)24(30)16-29-15-17(13-27)14-28-29;1-21(25)10-3-4-15-14(12-21)5-6-17-16(15)9-11-22(2)18(17)7-8-19(22)20(24)13-23;1-14(23)19-8-9-20-18-7-6-15-13-21(2,24)11-4-5-16(15)17(18)10-12-22(19,20)3;1-6-5-2-3-7-4-5;1-2/h14-15,18-23,31H,3-12,16H2,1-2H3;14-19,25H,3-13H2,1-2H3;15-20,24H,4-13H2,1-3H3;2,4H,3H2;2H,1H3/t18-,19+,20-,21-,22+,23-,25-,26+;14-,15+,16-,17-,18+,19-,21-,22+;15-,16+,17-,18-,19-,20+,21-,22-;;/m111../s1.